The molecule has 0 amide bonds. The maximum Gasteiger partial charge on any atom is 0.228 e. The molecular weight excluding hydrogens is 218 g/mol. The van der Waals surface area contributed by atoms with Crippen LogP contribution in [0.25, 0.3) is 0 Å². The minimum absolute atomic E-state index is 0.431. The van der Waals surface area contributed by atoms with Crippen LogP contribution in [0.3, 0.4) is 0 Å². The van der Waals surface area contributed by atoms with Gasteiger partial charge in [-0.15, -0.1) is 0 Å². The monoisotopic (exact) mass is 241 g/mol. The molecule has 0 aliphatic carbocycles. The summed E-state index contributed by atoms with van der Waals surface area (Å²) in [6, 6.07) is 0.431. The van der Waals surface area contributed by atoms with Crippen LogP contribution in [0.5, 0.6) is 0 Å². The Labute approximate surface area is 103 Å². The van der Waals surface area contributed by atoms with Crippen molar-refractivity contribution in [3.63, 3.8) is 0 Å². The quantitative estimate of drug-likeness (QED) is 0.711. The zero-order valence-electron chi connectivity index (χ0n) is 11.0. The number of hydrogen-bond donors (Lipinski definition) is 1. The van der Waals surface area contributed by atoms with Crippen LogP contribution in [0.2, 0.25) is 0 Å². The lowest BCUT2D eigenvalue weighted by Gasteiger charge is -2.14. The van der Waals surface area contributed by atoms with Crippen LogP contribution in [0, 0.1) is 0 Å². The second kappa shape index (κ2) is 8.20. The number of methoxy groups -OCH3 is 1. The summed E-state index contributed by atoms with van der Waals surface area (Å²) in [6.07, 6.45) is 3.80. The van der Waals surface area contributed by atoms with E-state index in [1.807, 2.05) is 0 Å². The van der Waals surface area contributed by atoms with E-state index in [-0.39, 0.29) is 0 Å². The molecule has 0 aliphatic rings. The molecule has 1 aromatic heterocycles. The minimum atomic E-state index is 0.431. The largest absolute Gasteiger partial charge is 0.384 e. The maximum absolute atomic E-state index is 5.23. The highest BCUT2D eigenvalue weighted by atomic mass is 16.5. The van der Waals surface area contributed by atoms with Gasteiger partial charge < -0.3 is 14.6 Å². The normalized spacial score (nSPS) is 12.9. The fourth-order valence-corrected chi connectivity index (χ4v) is 1.79. The Kier molecular flexibility index (Phi) is 6.81. The third-order valence-electron chi connectivity index (χ3n) is 2.59. The van der Waals surface area contributed by atoms with Gasteiger partial charge in [0.05, 0.1) is 6.61 Å². The third kappa shape index (κ3) is 5.28. The van der Waals surface area contributed by atoms with Crippen LogP contribution in [0.1, 0.15) is 38.4 Å². The van der Waals surface area contributed by atoms with Gasteiger partial charge in [0.15, 0.2) is 5.82 Å². The summed E-state index contributed by atoms with van der Waals surface area (Å²) < 4.78 is 10.2. The van der Waals surface area contributed by atoms with Crippen molar-refractivity contribution in [2.75, 3.05) is 20.3 Å². The van der Waals surface area contributed by atoms with Crippen molar-refractivity contribution in [3.8, 4) is 0 Å². The summed E-state index contributed by atoms with van der Waals surface area (Å²) in [5.41, 5.74) is 0. The zero-order chi connectivity index (χ0) is 12.5. The molecule has 0 fully saturated rings. The fourth-order valence-electron chi connectivity index (χ4n) is 1.79. The summed E-state index contributed by atoms with van der Waals surface area (Å²) in [5, 5.41) is 7.37. The van der Waals surface area contributed by atoms with E-state index >= 15 is 0 Å². The van der Waals surface area contributed by atoms with E-state index in [9.17, 15) is 0 Å². The first kappa shape index (κ1) is 14.1. The van der Waals surface area contributed by atoms with Gasteiger partial charge in [0.25, 0.3) is 0 Å². The van der Waals surface area contributed by atoms with Crippen molar-refractivity contribution in [2.24, 2.45) is 0 Å². The first-order valence-electron chi connectivity index (χ1n) is 6.33. The molecule has 1 atom stereocenters. The van der Waals surface area contributed by atoms with Crippen LogP contribution in [0.4, 0.5) is 0 Å². The van der Waals surface area contributed by atoms with E-state index in [2.05, 4.69) is 29.3 Å². The van der Waals surface area contributed by atoms with E-state index in [1.54, 1.807) is 7.11 Å². The van der Waals surface area contributed by atoms with Crippen LogP contribution in [-0.4, -0.2) is 36.4 Å². The van der Waals surface area contributed by atoms with E-state index < -0.39 is 0 Å². The topological polar surface area (TPSA) is 60.2 Å². The minimum Gasteiger partial charge on any atom is -0.384 e. The summed E-state index contributed by atoms with van der Waals surface area (Å²) >= 11 is 0. The lowest BCUT2D eigenvalue weighted by Crippen LogP contribution is -2.30. The van der Waals surface area contributed by atoms with Crippen molar-refractivity contribution in [1.29, 1.82) is 0 Å². The number of ether oxygens (including phenoxy) is 1. The van der Waals surface area contributed by atoms with Crippen LogP contribution < -0.4 is 5.32 Å². The molecule has 0 aliphatic heterocycles. The van der Waals surface area contributed by atoms with E-state index in [4.69, 9.17) is 9.26 Å². The molecule has 1 heterocycles. The second-order valence-corrected chi connectivity index (χ2v) is 4.09. The van der Waals surface area contributed by atoms with Crippen molar-refractivity contribution in [2.45, 2.75) is 45.6 Å². The van der Waals surface area contributed by atoms with E-state index in [0.29, 0.717) is 19.1 Å². The number of nitrogens with one attached hydrogen (secondary N) is 1. The summed E-state index contributed by atoms with van der Waals surface area (Å²) in [6.45, 7) is 5.89. The molecule has 17 heavy (non-hydrogen) atoms. The molecule has 0 saturated carbocycles. The van der Waals surface area contributed by atoms with E-state index in [0.717, 1.165) is 37.5 Å². The number of nitrogens with zero attached hydrogens (tertiary/aromatic N) is 2. The Morgan fingerprint density at radius 2 is 2.24 bits per heavy atom. The smallest absolute Gasteiger partial charge is 0.228 e. The highest BCUT2D eigenvalue weighted by Gasteiger charge is 2.12. The predicted octanol–water partition coefficient (Wildman–Crippen LogP) is 1.58. The Morgan fingerprint density at radius 3 is 2.88 bits per heavy atom. The molecule has 0 aromatic carbocycles. The zero-order valence-corrected chi connectivity index (χ0v) is 11.0. The van der Waals surface area contributed by atoms with Gasteiger partial charge in [-0.3, -0.25) is 0 Å². The molecule has 0 spiro atoms. The molecule has 1 unspecified atom stereocenters. The van der Waals surface area contributed by atoms with Gasteiger partial charge in [0.2, 0.25) is 5.89 Å². The third-order valence-corrected chi connectivity index (χ3v) is 2.59. The van der Waals surface area contributed by atoms with Crippen molar-refractivity contribution in [1.82, 2.24) is 15.5 Å². The summed E-state index contributed by atoms with van der Waals surface area (Å²) in [4.78, 5) is 4.35. The number of aromatic nitrogens is 2. The average molecular weight is 241 g/mol. The first-order valence-corrected chi connectivity index (χ1v) is 6.33. The highest BCUT2D eigenvalue weighted by molar-refractivity contribution is 4.89. The van der Waals surface area contributed by atoms with Gasteiger partial charge in [-0.05, 0) is 13.0 Å². The standard InChI is InChI=1S/C12H23N3O2/c1-4-6-10(13-5-2)9-12-14-11(15-17-12)7-8-16-3/h10,13H,4-9H2,1-3H3. The van der Waals surface area contributed by atoms with Crippen LogP contribution in [0.15, 0.2) is 4.52 Å². The molecular formula is C12H23N3O2. The average Bonchev–Trinajstić information content (AvgIpc) is 2.75. The van der Waals surface area contributed by atoms with Crippen molar-refractivity contribution in [3.05, 3.63) is 11.7 Å². The molecule has 98 valence electrons. The first-order chi connectivity index (χ1) is 8.30. The highest BCUT2D eigenvalue weighted by Crippen LogP contribution is 2.06. The Bertz CT molecular complexity index is 296. The Morgan fingerprint density at radius 1 is 1.41 bits per heavy atom. The van der Waals surface area contributed by atoms with Gasteiger partial charge in [-0.25, -0.2) is 0 Å². The summed E-state index contributed by atoms with van der Waals surface area (Å²) in [5.74, 6) is 1.45. The van der Waals surface area contributed by atoms with Gasteiger partial charge in [0, 0.05) is 26.0 Å². The maximum atomic E-state index is 5.23. The number of hydrogen-bond acceptors (Lipinski definition) is 5. The van der Waals surface area contributed by atoms with Gasteiger partial charge in [-0.1, -0.05) is 25.4 Å². The molecule has 0 bridgehead atoms. The fraction of sp³-hybridized carbons (Fsp3) is 0.833. The SMILES string of the molecule is CCCC(Cc1nc(CCOC)no1)NCC. The van der Waals surface area contributed by atoms with Crippen LogP contribution in [-0.2, 0) is 17.6 Å². The lowest BCUT2D eigenvalue weighted by molar-refractivity contribution is 0.199. The van der Waals surface area contributed by atoms with Gasteiger partial charge in [-0.2, -0.15) is 4.98 Å². The van der Waals surface area contributed by atoms with Crippen molar-refractivity contribution >= 4 is 0 Å². The van der Waals surface area contributed by atoms with E-state index in [1.165, 1.54) is 0 Å². The predicted molar refractivity (Wildman–Crippen MR) is 66.0 cm³/mol. The van der Waals surface area contributed by atoms with Crippen molar-refractivity contribution < 1.29 is 9.26 Å². The number of rotatable bonds is 9. The Hall–Kier alpha value is -0.940. The van der Waals surface area contributed by atoms with Crippen LogP contribution >= 0.6 is 0 Å². The van der Waals surface area contributed by atoms with Gasteiger partial charge in [0.1, 0.15) is 0 Å². The molecule has 5 nitrogen and oxygen atoms in total. The molecule has 5 heteroatoms. The molecule has 0 radical (unpaired) electrons. The lowest BCUT2D eigenvalue weighted by atomic mass is 10.1. The molecule has 1 N–H and O–H groups in total. The molecule has 0 saturated heterocycles. The molecule has 1 aromatic rings. The Balaban J connectivity index is 2.45. The number of likely N-dealkylation sites (N-methyl/N-ethyl adjacent to an activating group) is 1. The summed E-state index contributed by atoms with van der Waals surface area (Å²) in [7, 11) is 1.67. The molecule has 1 rings (SSSR count). The van der Waals surface area contributed by atoms with Gasteiger partial charge >= 0.3 is 0 Å². The second-order valence-electron chi connectivity index (χ2n) is 4.09.